The second kappa shape index (κ2) is 11.2. The van der Waals surface area contributed by atoms with Gasteiger partial charge in [-0.25, -0.2) is 0 Å². The zero-order valence-corrected chi connectivity index (χ0v) is 22.8. The first kappa shape index (κ1) is 27.3. The predicted molar refractivity (Wildman–Crippen MR) is 144 cm³/mol. The van der Waals surface area contributed by atoms with Crippen molar-refractivity contribution >= 4 is 5.91 Å². The molecule has 1 aliphatic heterocycles. The molecule has 2 aromatic carbocycles. The summed E-state index contributed by atoms with van der Waals surface area (Å²) in [5.74, 6) is 1.01. The monoisotopic (exact) mass is 479 g/mol. The quantitative estimate of drug-likeness (QED) is 0.414. The van der Waals surface area contributed by atoms with Crippen LogP contribution in [0.1, 0.15) is 94.5 Å². The molecule has 1 amide bonds. The molecule has 0 bridgehead atoms. The Morgan fingerprint density at radius 3 is 2.17 bits per heavy atom. The lowest BCUT2D eigenvalue weighted by Crippen LogP contribution is -2.31. The normalized spacial score (nSPS) is 17.4. The van der Waals surface area contributed by atoms with Crippen LogP contribution in [-0.4, -0.2) is 29.8 Å². The van der Waals surface area contributed by atoms with Crippen LogP contribution in [0.2, 0.25) is 0 Å². The number of hydrogen-bond acceptors (Lipinski definition) is 3. The molecular weight excluding hydrogens is 434 g/mol. The number of carbonyl (C=O) groups is 1. The summed E-state index contributed by atoms with van der Waals surface area (Å²) in [4.78, 5) is 11.5. The topological polar surface area (TPSA) is 58.6 Å². The standard InChI is InChI=1S/C31H45NO3/c1-8-31(9-2,24-12-10-23(21(3)18-24)11-16-28(33)30(5,6)7)25-13-15-27(22(4)19-25)35-20-26-14-17-29(34)32-26/h10,12-13,15,18-19,26,28,33H,8-9,11,14,16-17,20H2,1-7H3,(H,32,34)/t26?,28-/m0/s1. The van der Waals surface area contributed by atoms with E-state index >= 15 is 0 Å². The molecule has 4 heteroatoms. The predicted octanol–water partition coefficient (Wildman–Crippen LogP) is 6.41. The molecule has 0 radical (unpaired) electrons. The van der Waals surface area contributed by atoms with E-state index in [1.807, 2.05) is 0 Å². The molecule has 1 saturated heterocycles. The summed E-state index contributed by atoms with van der Waals surface area (Å²) in [7, 11) is 0. The highest BCUT2D eigenvalue weighted by Crippen LogP contribution is 2.41. The van der Waals surface area contributed by atoms with E-state index in [2.05, 4.69) is 90.2 Å². The molecule has 0 spiro atoms. The number of nitrogens with one attached hydrogen (secondary N) is 1. The van der Waals surface area contributed by atoms with Crippen LogP contribution >= 0.6 is 0 Å². The Labute approximate surface area is 212 Å². The zero-order valence-electron chi connectivity index (χ0n) is 22.8. The van der Waals surface area contributed by atoms with Crippen LogP contribution in [-0.2, 0) is 16.6 Å². The van der Waals surface area contributed by atoms with Gasteiger partial charge in [-0.15, -0.1) is 0 Å². The van der Waals surface area contributed by atoms with E-state index in [0.717, 1.165) is 43.4 Å². The van der Waals surface area contributed by atoms with Gasteiger partial charge in [-0.05, 0) is 85.3 Å². The minimum absolute atomic E-state index is 0.0586. The van der Waals surface area contributed by atoms with Crippen molar-refractivity contribution in [1.82, 2.24) is 5.32 Å². The highest BCUT2D eigenvalue weighted by atomic mass is 16.5. The van der Waals surface area contributed by atoms with Gasteiger partial charge in [0.25, 0.3) is 0 Å². The van der Waals surface area contributed by atoms with Crippen LogP contribution in [0.4, 0.5) is 0 Å². The van der Waals surface area contributed by atoms with Crippen LogP contribution in [0.25, 0.3) is 0 Å². The summed E-state index contributed by atoms with van der Waals surface area (Å²) in [6, 6.07) is 13.6. The number of aliphatic hydroxyl groups excluding tert-OH is 1. The van der Waals surface area contributed by atoms with Crippen LogP contribution in [0.15, 0.2) is 36.4 Å². The van der Waals surface area contributed by atoms with Gasteiger partial charge in [0.05, 0.1) is 12.1 Å². The summed E-state index contributed by atoms with van der Waals surface area (Å²) in [6.45, 7) is 15.6. The third-order valence-corrected chi connectivity index (χ3v) is 8.04. The Kier molecular flexibility index (Phi) is 8.69. The van der Waals surface area contributed by atoms with Crippen molar-refractivity contribution in [3.05, 3.63) is 64.2 Å². The lowest BCUT2D eigenvalue weighted by Gasteiger charge is -2.34. The van der Waals surface area contributed by atoms with Gasteiger partial charge in [0.1, 0.15) is 12.4 Å². The van der Waals surface area contributed by atoms with E-state index in [1.165, 1.54) is 22.3 Å². The third-order valence-electron chi connectivity index (χ3n) is 8.04. The summed E-state index contributed by atoms with van der Waals surface area (Å²) in [5.41, 5.74) is 6.26. The van der Waals surface area contributed by atoms with Gasteiger partial charge in [-0.2, -0.15) is 0 Å². The summed E-state index contributed by atoms with van der Waals surface area (Å²) in [6.07, 6.45) is 4.83. The van der Waals surface area contributed by atoms with Gasteiger partial charge in [-0.3, -0.25) is 4.79 Å². The molecular formula is C31H45NO3. The third kappa shape index (κ3) is 6.27. The van der Waals surface area contributed by atoms with Crippen molar-refractivity contribution in [3.8, 4) is 5.75 Å². The van der Waals surface area contributed by atoms with Gasteiger partial charge < -0.3 is 15.2 Å². The molecule has 0 aliphatic carbocycles. The van der Waals surface area contributed by atoms with Crippen molar-refractivity contribution < 1.29 is 14.6 Å². The average Bonchev–Trinajstić information content (AvgIpc) is 3.23. The van der Waals surface area contributed by atoms with E-state index in [9.17, 15) is 9.90 Å². The number of aliphatic hydroxyl groups is 1. The molecule has 3 rings (SSSR count). The number of amides is 1. The minimum atomic E-state index is -0.305. The van der Waals surface area contributed by atoms with Crippen molar-refractivity contribution in [1.29, 1.82) is 0 Å². The molecule has 4 nitrogen and oxygen atoms in total. The average molecular weight is 480 g/mol. The minimum Gasteiger partial charge on any atom is -0.491 e. The SMILES string of the molecule is CCC(CC)(c1ccc(CC[C@H](O)C(C)(C)C)c(C)c1)c1ccc(OCC2CCC(=O)N2)c(C)c1. The number of rotatable bonds is 10. The molecule has 0 aromatic heterocycles. The van der Waals surface area contributed by atoms with Gasteiger partial charge in [0, 0.05) is 11.8 Å². The summed E-state index contributed by atoms with van der Waals surface area (Å²) < 4.78 is 6.08. The second-order valence-corrected chi connectivity index (χ2v) is 11.4. The van der Waals surface area contributed by atoms with Crippen molar-refractivity contribution in [2.45, 2.75) is 105 Å². The van der Waals surface area contributed by atoms with Crippen LogP contribution in [0.5, 0.6) is 5.75 Å². The molecule has 1 fully saturated rings. The maximum absolute atomic E-state index is 11.5. The van der Waals surface area contributed by atoms with Crippen molar-refractivity contribution in [3.63, 3.8) is 0 Å². The lowest BCUT2D eigenvalue weighted by atomic mass is 9.69. The van der Waals surface area contributed by atoms with E-state index in [1.54, 1.807) is 0 Å². The first-order valence-corrected chi connectivity index (χ1v) is 13.3. The van der Waals surface area contributed by atoms with Crippen LogP contribution in [0.3, 0.4) is 0 Å². The Morgan fingerprint density at radius 1 is 1.03 bits per heavy atom. The number of carbonyl (C=O) groups excluding carboxylic acids is 1. The first-order chi connectivity index (χ1) is 16.5. The molecule has 2 aromatic rings. The fourth-order valence-electron chi connectivity index (χ4n) is 5.33. The van der Waals surface area contributed by atoms with Crippen molar-refractivity contribution in [2.24, 2.45) is 5.41 Å². The Morgan fingerprint density at radius 2 is 1.66 bits per heavy atom. The maximum Gasteiger partial charge on any atom is 0.220 e. The Hall–Kier alpha value is -2.33. The number of benzene rings is 2. The van der Waals surface area contributed by atoms with Crippen LogP contribution in [0, 0.1) is 19.3 Å². The summed E-state index contributed by atoms with van der Waals surface area (Å²) >= 11 is 0. The Bertz CT molecular complexity index is 1020. The first-order valence-electron chi connectivity index (χ1n) is 13.3. The molecule has 0 saturated carbocycles. The molecule has 35 heavy (non-hydrogen) atoms. The second-order valence-electron chi connectivity index (χ2n) is 11.4. The maximum atomic E-state index is 11.5. The van der Waals surface area contributed by atoms with E-state index in [-0.39, 0.29) is 28.9 Å². The largest absolute Gasteiger partial charge is 0.491 e. The van der Waals surface area contributed by atoms with E-state index in [4.69, 9.17) is 4.74 Å². The lowest BCUT2D eigenvalue weighted by molar-refractivity contribution is -0.119. The molecule has 1 heterocycles. The highest BCUT2D eigenvalue weighted by Gasteiger charge is 2.32. The smallest absolute Gasteiger partial charge is 0.220 e. The van der Waals surface area contributed by atoms with Gasteiger partial charge in [0.15, 0.2) is 0 Å². The highest BCUT2D eigenvalue weighted by molar-refractivity contribution is 5.78. The molecule has 192 valence electrons. The number of aryl methyl sites for hydroxylation is 3. The van der Waals surface area contributed by atoms with E-state index in [0.29, 0.717) is 13.0 Å². The van der Waals surface area contributed by atoms with Crippen LogP contribution < -0.4 is 10.1 Å². The van der Waals surface area contributed by atoms with E-state index < -0.39 is 0 Å². The molecule has 1 aliphatic rings. The van der Waals surface area contributed by atoms with Gasteiger partial charge >= 0.3 is 0 Å². The zero-order chi connectivity index (χ0) is 25.8. The summed E-state index contributed by atoms with van der Waals surface area (Å²) in [5, 5.41) is 13.5. The molecule has 2 N–H and O–H groups in total. The van der Waals surface area contributed by atoms with Gasteiger partial charge in [-0.1, -0.05) is 65.0 Å². The number of ether oxygens (including phenoxy) is 1. The van der Waals surface area contributed by atoms with Crippen molar-refractivity contribution in [2.75, 3.05) is 6.61 Å². The number of hydrogen-bond donors (Lipinski definition) is 2. The molecule has 2 atom stereocenters. The fourth-order valence-corrected chi connectivity index (χ4v) is 5.33. The molecule has 1 unspecified atom stereocenters. The van der Waals surface area contributed by atoms with Gasteiger partial charge in [0.2, 0.25) is 5.91 Å². The Balaban J connectivity index is 1.80. The fraction of sp³-hybridized carbons (Fsp3) is 0.581.